The number of rotatable bonds is 4. The number of halogens is 1. The van der Waals surface area contributed by atoms with Crippen molar-refractivity contribution in [2.24, 2.45) is 0 Å². The summed E-state index contributed by atoms with van der Waals surface area (Å²) in [6.45, 7) is 4.77. The zero-order valence-electron chi connectivity index (χ0n) is 16.8. The highest BCUT2D eigenvalue weighted by Gasteiger charge is 2.32. The average molecular weight is 424 g/mol. The maximum Gasteiger partial charge on any atom is 0.315 e. The molecule has 0 atom stereocenters. The lowest BCUT2D eigenvalue weighted by atomic mass is 9.97. The number of aromatic nitrogens is 2. The maximum atomic E-state index is 12.9. The Morgan fingerprint density at radius 3 is 2.40 bits per heavy atom. The molecule has 0 unspecified atom stereocenters. The highest BCUT2D eigenvalue weighted by Crippen LogP contribution is 2.32. The second-order valence-corrected chi connectivity index (χ2v) is 8.00. The van der Waals surface area contributed by atoms with E-state index in [1.165, 1.54) is 0 Å². The molecule has 2 heterocycles. The van der Waals surface area contributed by atoms with Gasteiger partial charge in [-0.3, -0.25) is 9.59 Å². The summed E-state index contributed by atoms with van der Waals surface area (Å²) in [6.07, 6.45) is 0.332. The fourth-order valence-electron chi connectivity index (χ4n) is 3.91. The average Bonchev–Trinajstić information content (AvgIpc) is 2.72. The van der Waals surface area contributed by atoms with Gasteiger partial charge in [0, 0.05) is 36.1 Å². The molecular formula is C23H22ClN3O3. The highest BCUT2D eigenvalue weighted by atomic mass is 35.5. The number of carbonyl (C=O) groups excluding carboxylic acids is 1. The molecule has 2 aromatic carbocycles. The van der Waals surface area contributed by atoms with E-state index in [1.54, 1.807) is 9.47 Å². The molecule has 7 heteroatoms. The van der Waals surface area contributed by atoms with E-state index in [0.29, 0.717) is 30.4 Å². The molecule has 0 bridgehead atoms. The van der Waals surface area contributed by atoms with Gasteiger partial charge in [0.25, 0.3) is 5.91 Å². The van der Waals surface area contributed by atoms with Crippen LogP contribution in [0, 0.1) is 0 Å². The number of hydrogen-bond donors (Lipinski definition) is 1. The van der Waals surface area contributed by atoms with Gasteiger partial charge in [-0.1, -0.05) is 54.1 Å². The molecule has 1 aromatic heterocycles. The number of fused-ring (bicyclic) bond motifs is 1. The quantitative estimate of drug-likeness (QED) is 0.693. The van der Waals surface area contributed by atoms with Crippen molar-refractivity contribution in [3.63, 3.8) is 0 Å². The minimum atomic E-state index is -0.787. The largest absolute Gasteiger partial charge is 0.501 e. The van der Waals surface area contributed by atoms with Crippen LogP contribution in [0.2, 0.25) is 5.02 Å². The number of nitrogens with zero attached hydrogens (tertiary/aromatic N) is 3. The Balaban J connectivity index is 1.82. The van der Waals surface area contributed by atoms with Gasteiger partial charge in [-0.05, 0) is 31.0 Å². The summed E-state index contributed by atoms with van der Waals surface area (Å²) < 4.78 is 1.67. The maximum absolute atomic E-state index is 12.9. The topological polar surface area (TPSA) is 75.4 Å². The molecule has 30 heavy (non-hydrogen) atoms. The molecular weight excluding hydrogens is 402 g/mol. The van der Waals surface area contributed by atoms with Crippen LogP contribution in [0.1, 0.15) is 35.7 Å². The smallest absolute Gasteiger partial charge is 0.315 e. The lowest BCUT2D eigenvalue weighted by Crippen LogP contribution is -2.46. The van der Waals surface area contributed by atoms with E-state index in [2.05, 4.69) is 4.98 Å². The van der Waals surface area contributed by atoms with Crippen LogP contribution < -0.4 is 5.56 Å². The van der Waals surface area contributed by atoms with Gasteiger partial charge in [-0.15, -0.1) is 0 Å². The van der Waals surface area contributed by atoms with Crippen LogP contribution in [-0.4, -0.2) is 38.1 Å². The zero-order chi connectivity index (χ0) is 21.4. The lowest BCUT2D eigenvalue weighted by molar-refractivity contribution is 0.0638. The normalized spacial score (nSPS) is 13.6. The van der Waals surface area contributed by atoms with Crippen molar-refractivity contribution in [3.8, 4) is 16.9 Å². The number of carbonyl (C=O) groups is 1. The summed E-state index contributed by atoms with van der Waals surface area (Å²) >= 11 is 6.41. The second-order valence-electron chi connectivity index (χ2n) is 7.59. The molecule has 0 fully saturated rings. The van der Waals surface area contributed by atoms with E-state index < -0.39 is 11.3 Å². The Kier molecular flexibility index (Phi) is 5.35. The van der Waals surface area contributed by atoms with Gasteiger partial charge in [-0.2, -0.15) is 4.98 Å². The van der Waals surface area contributed by atoms with Crippen LogP contribution in [0.4, 0.5) is 0 Å². The van der Waals surface area contributed by atoms with Gasteiger partial charge in [0.2, 0.25) is 5.75 Å². The molecule has 4 rings (SSSR count). The monoisotopic (exact) mass is 423 g/mol. The summed E-state index contributed by atoms with van der Waals surface area (Å²) in [5.41, 5.74) is 1.98. The third kappa shape index (κ3) is 3.48. The van der Waals surface area contributed by atoms with Gasteiger partial charge in [-0.25, -0.2) is 0 Å². The van der Waals surface area contributed by atoms with Gasteiger partial charge in [0.15, 0.2) is 5.69 Å². The first kappa shape index (κ1) is 20.2. The Bertz CT molecular complexity index is 1190. The van der Waals surface area contributed by atoms with Crippen molar-refractivity contribution in [1.82, 2.24) is 14.5 Å². The molecule has 0 spiro atoms. The van der Waals surface area contributed by atoms with Crippen molar-refractivity contribution < 1.29 is 9.90 Å². The second kappa shape index (κ2) is 7.95. The predicted molar refractivity (Wildman–Crippen MR) is 116 cm³/mol. The van der Waals surface area contributed by atoms with Crippen molar-refractivity contribution in [1.29, 1.82) is 0 Å². The Labute approximate surface area is 179 Å². The molecule has 154 valence electrons. The third-order valence-corrected chi connectivity index (χ3v) is 5.75. The number of benzene rings is 2. The summed E-state index contributed by atoms with van der Waals surface area (Å²) in [5.74, 6) is -0.494. The van der Waals surface area contributed by atoms with E-state index in [0.717, 1.165) is 16.7 Å². The van der Waals surface area contributed by atoms with Crippen LogP contribution in [0.25, 0.3) is 11.1 Å². The standard InChI is InChI=1S/C23H22ClN3O3/c1-14(2)26-11-12-27-19(25-22(29)21(28)20(27)23(26)30)13-15-7-3-4-8-16(15)17-9-5-6-10-18(17)24/h3-10,14,28H,11-13H2,1-2H3. The lowest BCUT2D eigenvalue weighted by Gasteiger charge is -2.34. The van der Waals surface area contributed by atoms with Gasteiger partial charge in [0.1, 0.15) is 5.82 Å². The van der Waals surface area contributed by atoms with Crippen molar-refractivity contribution in [2.75, 3.05) is 6.54 Å². The molecule has 3 aromatic rings. The summed E-state index contributed by atoms with van der Waals surface area (Å²) in [5, 5.41) is 10.9. The number of hydrogen-bond acceptors (Lipinski definition) is 4. The first-order chi connectivity index (χ1) is 14.4. The van der Waals surface area contributed by atoms with Crippen LogP contribution in [0.3, 0.4) is 0 Å². The fourth-order valence-corrected chi connectivity index (χ4v) is 4.14. The third-order valence-electron chi connectivity index (χ3n) is 5.42. The number of amides is 1. The van der Waals surface area contributed by atoms with Gasteiger partial charge in [0.05, 0.1) is 0 Å². The van der Waals surface area contributed by atoms with E-state index in [-0.39, 0.29) is 17.6 Å². The van der Waals surface area contributed by atoms with E-state index in [1.807, 2.05) is 62.4 Å². The van der Waals surface area contributed by atoms with Gasteiger partial charge >= 0.3 is 5.56 Å². The Morgan fingerprint density at radius 1 is 1.03 bits per heavy atom. The van der Waals surface area contributed by atoms with Gasteiger partial charge < -0.3 is 14.6 Å². The van der Waals surface area contributed by atoms with Crippen molar-refractivity contribution >= 4 is 17.5 Å². The zero-order valence-corrected chi connectivity index (χ0v) is 17.6. The van der Waals surface area contributed by atoms with Crippen LogP contribution in [0.15, 0.2) is 53.3 Å². The molecule has 1 amide bonds. The SMILES string of the molecule is CC(C)N1CCn2c(Cc3ccccc3-c3ccccc3Cl)nc(=O)c(O)c2C1=O. The molecule has 1 N–H and O–H groups in total. The van der Waals surface area contributed by atoms with Crippen molar-refractivity contribution in [3.05, 3.63) is 81.0 Å². The van der Waals surface area contributed by atoms with Crippen LogP contribution in [-0.2, 0) is 13.0 Å². The molecule has 0 radical (unpaired) electrons. The van der Waals surface area contributed by atoms with E-state index in [4.69, 9.17) is 11.6 Å². The molecule has 0 aliphatic carbocycles. The van der Waals surface area contributed by atoms with E-state index in [9.17, 15) is 14.7 Å². The van der Waals surface area contributed by atoms with Crippen LogP contribution in [0.5, 0.6) is 5.75 Å². The molecule has 1 aliphatic rings. The molecule has 6 nitrogen and oxygen atoms in total. The minimum Gasteiger partial charge on any atom is -0.501 e. The first-order valence-electron chi connectivity index (χ1n) is 9.85. The molecule has 0 saturated carbocycles. The van der Waals surface area contributed by atoms with Crippen molar-refractivity contribution in [2.45, 2.75) is 32.9 Å². The molecule has 0 saturated heterocycles. The Morgan fingerprint density at radius 2 is 1.70 bits per heavy atom. The summed E-state index contributed by atoms with van der Waals surface area (Å²) in [4.78, 5) is 31.0. The fraction of sp³-hybridized carbons (Fsp3) is 0.261. The Hall–Kier alpha value is -3.12. The number of aromatic hydroxyl groups is 1. The predicted octanol–water partition coefficient (Wildman–Crippen LogP) is 3.72. The van der Waals surface area contributed by atoms with Crippen LogP contribution >= 0.6 is 11.6 Å². The summed E-state index contributed by atoms with van der Waals surface area (Å²) in [7, 11) is 0. The molecule has 1 aliphatic heterocycles. The summed E-state index contributed by atoms with van der Waals surface area (Å²) in [6, 6.07) is 15.3. The minimum absolute atomic E-state index is 0.0141. The highest BCUT2D eigenvalue weighted by molar-refractivity contribution is 6.33. The van der Waals surface area contributed by atoms with E-state index >= 15 is 0 Å². The first-order valence-corrected chi connectivity index (χ1v) is 10.2.